The van der Waals surface area contributed by atoms with Crippen molar-refractivity contribution in [2.45, 2.75) is 72.6 Å². The maximum atomic E-state index is 5.61. The molecule has 2 nitrogen and oxygen atoms in total. The summed E-state index contributed by atoms with van der Waals surface area (Å²) in [7, 11) is 0. The third-order valence-electron chi connectivity index (χ3n) is 3.22. The maximum Gasteiger partial charge on any atom is 0.0466 e. The molecule has 0 spiro atoms. The molecule has 0 aromatic rings. The molecular weight excluding hydrogens is 236 g/mol. The predicted molar refractivity (Wildman–Crippen MR) is 83.6 cm³/mol. The zero-order valence-corrected chi connectivity index (χ0v) is 13.7. The van der Waals surface area contributed by atoms with Crippen LogP contribution in [0.3, 0.4) is 0 Å². The molecule has 0 N–H and O–H groups in total. The van der Waals surface area contributed by atoms with Gasteiger partial charge in [-0.2, -0.15) is 0 Å². The molecule has 0 aliphatic heterocycles. The lowest BCUT2D eigenvalue weighted by Gasteiger charge is -2.07. The fourth-order valence-corrected chi connectivity index (χ4v) is 1.98. The summed E-state index contributed by atoms with van der Waals surface area (Å²) in [6.45, 7) is 12.8. The Hall–Kier alpha value is -0.0800. The Morgan fingerprint density at radius 1 is 0.526 bits per heavy atom. The van der Waals surface area contributed by atoms with Gasteiger partial charge in [0, 0.05) is 26.4 Å². The smallest absolute Gasteiger partial charge is 0.0466 e. The highest BCUT2D eigenvalue weighted by atomic mass is 16.5. The number of hydrogen-bond acceptors (Lipinski definition) is 2. The van der Waals surface area contributed by atoms with Crippen LogP contribution in [-0.2, 0) is 9.47 Å². The molecule has 0 bridgehead atoms. The van der Waals surface area contributed by atoms with Gasteiger partial charge in [0.1, 0.15) is 0 Å². The zero-order chi connectivity index (χ0) is 14.3. The lowest BCUT2D eigenvalue weighted by atomic mass is 10.1. The Bertz CT molecular complexity index is 149. The number of hydrogen-bond donors (Lipinski definition) is 0. The molecule has 0 rings (SSSR count). The van der Waals surface area contributed by atoms with Crippen molar-refractivity contribution in [2.24, 2.45) is 11.8 Å². The molecule has 2 heteroatoms. The molecule has 0 aromatic heterocycles. The number of unbranched alkanes of at least 4 members (excludes halogenated alkanes) is 2. The summed E-state index contributed by atoms with van der Waals surface area (Å²) in [5.41, 5.74) is 0. The first-order valence-electron chi connectivity index (χ1n) is 8.28. The van der Waals surface area contributed by atoms with E-state index < -0.39 is 0 Å². The van der Waals surface area contributed by atoms with E-state index in [0.717, 1.165) is 38.3 Å². The summed E-state index contributed by atoms with van der Waals surface area (Å²) in [6, 6.07) is 0. The van der Waals surface area contributed by atoms with Crippen LogP contribution in [0.2, 0.25) is 0 Å². The zero-order valence-electron chi connectivity index (χ0n) is 13.7. The molecule has 0 aliphatic rings. The van der Waals surface area contributed by atoms with E-state index in [1.807, 2.05) is 0 Å². The molecule has 19 heavy (non-hydrogen) atoms. The van der Waals surface area contributed by atoms with Gasteiger partial charge in [-0.25, -0.2) is 0 Å². The van der Waals surface area contributed by atoms with Crippen molar-refractivity contribution in [1.29, 1.82) is 0 Å². The van der Waals surface area contributed by atoms with Crippen LogP contribution in [0.5, 0.6) is 0 Å². The third kappa shape index (κ3) is 17.9. The summed E-state index contributed by atoms with van der Waals surface area (Å²) >= 11 is 0. The molecule has 0 heterocycles. The molecule has 0 aliphatic carbocycles. The van der Waals surface area contributed by atoms with Gasteiger partial charge in [-0.15, -0.1) is 0 Å². The van der Waals surface area contributed by atoms with E-state index in [1.54, 1.807) is 0 Å². The van der Waals surface area contributed by atoms with Crippen LogP contribution < -0.4 is 0 Å². The highest BCUT2D eigenvalue weighted by molar-refractivity contribution is 4.47. The van der Waals surface area contributed by atoms with Crippen LogP contribution in [0.15, 0.2) is 0 Å². The van der Waals surface area contributed by atoms with Gasteiger partial charge >= 0.3 is 0 Å². The van der Waals surface area contributed by atoms with E-state index in [0.29, 0.717) is 0 Å². The fourth-order valence-electron chi connectivity index (χ4n) is 1.98. The van der Waals surface area contributed by atoms with E-state index in [2.05, 4.69) is 27.7 Å². The Kier molecular flexibility index (Phi) is 14.3. The van der Waals surface area contributed by atoms with Crippen molar-refractivity contribution in [3.05, 3.63) is 0 Å². The average molecular weight is 272 g/mol. The second-order valence-electron chi connectivity index (χ2n) is 6.36. The van der Waals surface area contributed by atoms with Gasteiger partial charge in [0.2, 0.25) is 0 Å². The van der Waals surface area contributed by atoms with E-state index in [9.17, 15) is 0 Å². The maximum absolute atomic E-state index is 5.61. The standard InChI is InChI=1S/C17H36O2/c1-16(2)10-8-14-18-12-6-5-7-13-19-15-9-11-17(3)4/h16-17H,5-15H2,1-4H3. The molecule has 0 saturated carbocycles. The molecule has 0 fully saturated rings. The Morgan fingerprint density at radius 3 is 1.26 bits per heavy atom. The molecule has 0 atom stereocenters. The minimum absolute atomic E-state index is 0.802. The topological polar surface area (TPSA) is 18.5 Å². The summed E-state index contributed by atoms with van der Waals surface area (Å²) in [6.07, 6.45) is 8.56. The Balaban J connectivity index is 2.95. The van der Waals surface area contributed by atoms with Crippen LogP contribution >= 0.6 is 0 Å². The first-order chi connectivity index (χ1) is 9.13. The third-order valence-corrected chi connectivity index (χ3v) is 3.22. The van der Waals surface area contributed by atoms with Gasteiger partial charge in [-0.3, -0.25) is 0 Å². The lowest BCUT2D eigenvalue weighted by Crippen LogP contribution is -2.01. The van der Waals surface area contributed by atoms with Crippen LogP contribution in [-0.4, -0.2) is 26.4 Å². The summed E-state index contributed by atoms with van der Waals surface area (Å²) < 4.78 is 11.2. The SMILES string of the molecule is CC(C)CCCOCCCCCOCCCC(C)C. The second-order valence-corrected chi connectivity index (χ2v) is 6.36. The van der Waals surface area contributed by atoms with Gasteiger partial charge in [0.05, 0.1) is 0 Å². The molecule has 0 aromatic carbocycles. The number of rotatable bonds is 14. The van der Waals surface area contributed by atoms with E-state index in [-0.39, 0.29) is 0 Å². The van der Waals surface area contributed by atoms with Crippen molar-refractivity contribution in [2.75, 3.05) is 26.4 Å². The quantitative estimate of drug-likeness (QED) is 0.411. The van der Waals surface area contributed by atoms with Gasteiger partial charge in [-0.1, -0.05) is 27.7 Å². The lowest BCUT2D eigenvalue weighted by molar-refractivity contribution is 0.109. The predicted octanol–water partition coefficient (Wildman–Crippen LogP) is 5.06. The monoisotopic (exact) mass is 272 g/mol. The van der Waals surface area contributed by atoms with E-state index in [1.165, 1.54) is 44.9 Å². The normalized spacial score (nSPS) is 11.7. The largest absolute Gasteiger partial charge is 0.381 e. The van der Waals surface area contributed by atoms with E-state index in [4.69, 9.17) is 9.47 Å². The molecule has 116 valence electrons. The van der Waals surface area contributed by atoms with Crippen LogP contribution in [0.25, 0.3) is 0 Å². The molecule has 0 amide bonds. The molecule has 0 saturated heterocycles. The van der Waals surface area contributed by atoms with Gasteiger partial charge in [-0.05, 0) is 56.8 Å². The fraction of sp³-hybridized carbons (Fsp3) is 1.00. The molecular formula is C17H36O2. The molecule has 0 radical (unpaired) electrons. The average Bonchev–Trinajstić information content (AvgIpc) is 2.34. The molecule has 0 unspecified atom stereocenters. The highest BCUT2D eigenvalue weighted by Gasteiger charge is 1.96. The van der Waals surface area contributed by atoms with Crippen molar-refractivity contribution >= 4 is 0 Å². The highest BCUT2D eigenvalue weighted by Crippen LogP contribution is 2.05. The van der Waals surface area contributed by atoms with Crippen LogP contribution in [0.1, 0.15) is 72.6 Å². The van der Waals surface area contributed by atoms with Gasteiger partial charge in [0.15, 0.2) is 0 Å². The number of ether oxygens (including phenoxy) is 2. The van der Waals surface area contributed by atoms with Gasteiger partial charge in [0.25, 0.3) is 0 Å². The Morgan fingerprint density at radius 2 is 0.895 bits per heavy atom. The van der Waals surface area contributed by atoms with Crippen molar-refractivity contribution in [1.82, 2.24) is 0 Å². The minimum atomic E-state index is 0.802. The summed E-state index contributed by atoms with van der Waals surface area (Å²) in [5.74, 6) is 1.60. The Labute approximate surface area is 121 Å². The van der Waals surface area contributed by atoms with Crippen molar-refractivity contribution in [3.8, 4) is 0 Å². The van der Waals surface area contributed by atoms with Crippen LogP contribution in [0.4, 0.5) is 0 Å². The minimum Gasteiger partial charge on any atom is -0.381 e. The van der Waals surface area contributed by atoms with Gasteiger partial charge < -0.3 is 9.47 Å². The van der Waals surface area contributed by atoms with Crippen molar-refractivity contribution < 1.29 is 9.47 Å². The first kappa shape index (κ1) is 18.9. The summed E-state index contributed by atoms with van der Waals surface area (Å²) in [5, 5.41) is 0. The first-order valence-corrected chi connectivity index (χ1v) is 8.28. The van der Waals surface area contributed by atoms with E-state index >= 15 is 0 Å². The second kappa shape index (κ2) is 14.3. The van der Waals surface area contributed by atoms with Crippen molar-refractivity contribution in [3.63, 3.8) is 0 Å². The van der Waals surface area contributed by atoms with Crippen LogP contribution in [0, 0.1) is 11.8 Å². The summed E-state index contributed by atoms with van der Waals surface area (Å²) in [4.78, 5) is 0.